The zero-order chi connectivity index (χ0) is 15.0. The highest BCUT2D eigenvalue weighted by atomic mass is 16.3. The van der Waals surface area contributed by atoms with E-state index in [1.165, 1.54) is 18.9 Å². The van der Waals surface area contributed by atoms with Crippen molar-refractivity contribution in [1.29, 1.82) is 0 Å². The maximum atomic E-state index is 12.2. The fourth-order valence-corrected chi connectivity index (χ4v) is 2.31. The summed E-state index contributed by atoms with van der Waals surface area (Å²) >= 11 is 0. The first-order chi connectivity index (χ1) is 9.61. The van der Waals surface area contributed by atoms with Crippen molar-refractivity contribution in [3.63, 3.8) is 0 Å². The molecule has 0 aliphatic heterocycles. The molecule has 0 aliphatic carbocycles. The van der Waals surface area contributed by atoms with Gasteiger partial charge in [0.25, 0.3) is 0 Å². The molecule has 0 heterocycles. The molecular weight excluding hydrogens is 254 g/mol. The molecule has 0 bridgehead atoms. The Balaban J connectivity index is 2.72. The molecule has 1 rings (SSSR count). The highest BCUT2D eigenvalue weighted by Gasteiger charge is 2.18. The maximum Gasteiger partial charge on any atom is 0.168 e. The third-order valence-electron chi connectivity index (χ3n) is 3.44. The van der Waals surface area contributed by atoms with E-state index in [-0.39, 0.29) is 22.8 Å². The first kappa shape index (κ1) is 16.5. The second kappa shape index (κ2) is 8.59. The van der Waals surface area contributed by atoms with E-state index in [1.54, 1.807) is 6.07 Å². The van der Waals surface area contributed by atoms with Crippen LogP contribution in [0.15, 0.2) is 12.1 Å². The zero-order valence-corrected chi connectivity index (χ0v) is 12.2. The Hall–Kier alpha value is -1.55. The van der Waals surface area contributed by atoms with Gasteiger partial charge in [-0.3, -0.25) is 4.79 Å². The minimum atomic E-state index is -0.311. The number of aromatic hydroxyl groups is 2. The summed E-state index contributed by atoms with van der Waals surface area (Å²) in [5.41, 5.74) is 6.47. The van der Waals surface area contributed by atoms with Gasteiger partial charge >= 0.3 is 0 Å². The van der Waals surface area contributed by atoms with Gasteiger partial charge in [0.05, 0.1) is 5.56 Å². The normalized spacial score (nSPS) is 10.7. The van der Waals surface area contributed by atoms with Crippen LogP contribution < -0.4 is 5.73 Å². The molecule has 1 aromatic rings. The van der Waals surface area contributed by atoms with E-state index in [1.807, 2.05) is 0 Å². The van der Waals surface area contributed by atoms with Gasteiger partial charge < -0.3 is 15.9 Å². The van der Waals surface area contributed by atoms with Crippen molar-refractivity contribution in [1.82, 2.24) is 0 Å². The molecule has 4 nitrogen and oxygen atoms in total. The summed E-state index contributed by atoms with van der Waals surface area (Å²) in [6.45, 7) is 2.55. The molecule has 20 heavy (non-hydrogen) atoms. The smallest absolute Gasteiger partial charge is 0.168 e. The SMILES string of the molecule is CCCCCCCC(=O)c1c(CCN)ccc(O)c1O. The molecule has 0 fully saturated rings. The molecule has 0 saturated carbocycles. The van der Waals surface area contributed by atoms with Crippen molar-refractivity contribution in [2.24, 2.45) is 5.73 Å². The highest BCUT2D eigenvalue weighted by molar-refractivity contribution is 6.00. The van der Waals surface area contributed by atoms with E-state index in [0.717, 1.165) is 19.3 Å². The largest absolute Gasteiger partial charge is 0.504 e. The Bertz CT molecular complexity index is 444. The third-order valence-corrected chi connectivity index (χ3v) is 3.44. The molecule has 0 saturated heterocycles. The second-order valence-corrected chi connectivity index (χ2v) is 5.09. The monoisotopic (exact) mass is 279 g/mol. The van der Waals surface area contributed by atoms with Crippen LogP contribution in [0.1, 0.15) is 61.4 Å². The summed E-state index contributed by atoms with van der Waals surface area (Å²) in [5.74, 6) is -0.673. The van der Waals surface area contributed by atoms with Crippen LogP contribution in [-0.2, 0) is 6.42 Å². The molecular formula is C16H25NO3. The highest BCUT2D eigenvalue weighted by Crippen LogP contribution is 2.32. The quantitative estimate of drug-likeness (QED) is 0.368. The van der Waals surface area contributed by atoms with Crippen molar-refractivity contribution >= 4 is 5.78 Å². The van der Waals surface area contributed by atoms with Crippen molar-refractivity contribution in [3.8, 4) is 11.5 Å². The lowest BCUT2D eigenvalue weighted by Crippen LogP contribution is -2.09. The van der Waals surface area contributed by atoms with Gasteiger partial charge in [-0.25, -0.2) is 0 Å². The third kappa shape index (κ3) is 4.53. The van der Waals surface area contributed by atoms with E-state index < -0.39 is 0 Å². The number of hydrogen-bond donors (Lipinski definition) is 3. The molecule has 112 valence electrons. The van der Waals surface area contributed by atoms with Gasteiger partial charge in [-0.15, -0.1) is 0 Å². The summed E-state index contributed by atoms with van der Waals surface area (Å²) in [4.78, 5) is 12.2. The predicted octanol–water partition coefficient (Wildman–Crippen LogP) is 3.14. The van der Waals surface area contributed by atoms with Crippen molar-refractivity contribution in [3.05, 3.63) is 23.3 Å². The number of nitrogens with two attached hydrogens (primary N) is 1. The Morgan fingerprint density at radius 1 is 1.15 bits per heavy atom. The van der Waals surface area contributed by atoms with E-state index >= 15 is 0 Å². The standard InChI is InChI=1S/C16H25NO3/c1-2-3-4-5-6-7-13(18)15-12(10-11-17)8-9-14(19)16(15)20/h8-9,19-20H,2-7,10-11,17H2,1H3. The van der Waals surface area contributed by atoms with Gasteiger partial charge in [0.2, 0.25) is 0 Å². The van der Waals surface area contributed by atoms with Crippen LogP contribution in [-0.4, -0.2) is 22.5 Å². The number of phenolic OH excluding ortho intramolecular Hbond substituents is 2. The summed E-state index contributed by atoms with van der Waals surface area (Å²) in [6.07, 6.45) is 6.24. The van der Waals surface area contributed by atoms with Crippen LogP contribution in [0, 0.1) is 0 Å². The van der Waals surface area contributed by atoms with Crippen LogP contribution >= 0.6 is 0 Å². The van der Waals surface area contributed by atoms with Gasteiger partial charge in [-0.2, -0.15) is 0 Å². The van der Waals surface area contributed by atoms with Gasteiger partial charge in [0.15, 0.2) is 17.3 Å². The summed E-state index contributed by atoms with van der Waals surface area (Å²) in [5, 5.41) is 19.5. The number of carbonyl (C=O) groups is 1. The van der Waals surface area contributed by atoms with Crippen LogP contribution in [0.5, 0.6) is 11.5 Å². The molecule has 0 atom stereocenters. The second-order valence-electron chi connectivity index (χ2n) is 5.09. The number of rotatable bonds is 9. The van der Waals surface area contributed by atoms with Crippen LogP contribution in [0.25, 0.3) is 0 Å². The number of Topliss-reactive ketones (excluding diaryl/α,β-unsaturated/α-hetero) is 1. The Morgan fingerprint density at radius 3 is 2.50 bits per heavy atom. The molecule has 4 heteroatoms. The van der Waals surface area contributed by atoms with Gasteiger partial charge in [-0.05, 0) is 31.0 Å². The van der Waals surface area contributed by atoms with E-state index in [4.69, 9.17) is 5.73 Å². The number of phenols is 2. The summed E-state index contributed by atoms with van der Waals surface area (Å²) < 4.78 is 0. The molecule has 0 radical (unpaired) electrons. The fourth-order valence-electron chi connectivity index (χ4n) is 2.31. The molecule has 0 spiro atoms. The Labute approximate surface area is 120 Å². The molecule has 0 aliphatic rings. The van der Waals surface area contributed by atoms with Crippen molar-refractivity contribution < 1.29 is 15.0 Å². The Morgan fingerprint density at radius 2 is 1.85 bits per heavy atom. The Kier molecular flexibility index (Phi) is 7.09. The molecule has 1 aromatic carbocycles. The first-order valence-corrected chi connectivity index (χ1v) is 7.38. The lowest BCUT2D eigenvalue weighted by Gasteiger charge is -2.11. The van der Waals surface area contributed by atoms with Gasteiger partial charge in [-0.1, -0.05) is 38.7 Å². The lowest BCUT2D eigenvalue weighted by molar-refractivity contribution is 0.0975. The number of hydrogen-bond acceptors (Lipinski definition) is 4. The number of carbonyl (C=O) groups excluding carboxylic acids is 1. The minimum absolute atomic E-state index is 0.113. The number of unbranched alkanes of at least 4 members (excludes halogenated alkanes) is 4. The van der Waals surface area contributed by atoms with Crippen molar-refractivity contribution in [2.45, 2.75) is 51.9 Å². The average molecular weight is 279 g/mol. The van der Waals surface area contributed by atoms with Gasteiger partial charge in [0.1, 0.15) is 0 Å². The minimum Gasteiger partial charge on any atom is -0.504 e. The maximum absolute atomic E-state index is 12.2. The fraction of sp³-hybridized carbons (Fsp3) is 0.562. The molecule has 0 unspecified atom stereocenters. The summed E-state index contributed by atoms with van der Waals surface area (Å²) in [7, 11) is 0. The van der Waals surface area contributed by atoms with Crippen LogP contribution in [0.3, 0.4) is 0 Å². The van der Waals surface area contributed by atoms with Crippen molar-refractivity contribution in [2.75, 3.05) is 6.54 Å². The molecule has 0 amide bonds. The van der Waals surface area contributed by atoms with Crippen LogP contribution in [0.4, 0.5) is 0 Å². The van der Waals surface area contributed by atoms with Gasteiger partial charge in [0, 0.05) is 6.42 Å². The topological polar surface area (TPSA) is 83.6 Å². The molecule has 0 aromatic heterocycles. The average Bonchev–Trinajstić information content (AvgIpc) is 2.43. The number of benzene rings is 1. The molecule has 4 N–H and O–H groups in total. The van der Waals surface area contributed by atoms with Crippen LogP contribution in [0.2, 0.25) is 0 Å². The lowest BCUT2D eigenvalue weighted by atomic mass is 9.96. The summed E-state index contributed by atoms with van der Waals surface area (Å²) in [6, 6.07) is 3.06. The van der Waals surface area contributed by atoms with E-state index in [2.05, 4.69) is 6.92 Å². The van der Waals surface area contributed by atoms with E-state index in [0.29, 0.717) is 24.9 Å². The first-order valence-electron chi connectivity index (χ1n) is 7.38. The predicted molar refractivity (Wildman–Crippen MR) is 80.2 cm³/mol. The van der Waals surface area contributed by atoms with E-state index in [9.17, 15) is 15.0 Å². The number of ketones is 1. The zero-order valence-electron chi connectivity index (χ0n) is 12.2.